The Morgan fingerprint density at radius 3 is 2.82 bits per heavy atom. The summed E-state index contributed by atoms with van der Waals surface area (Å²) in [5, 5.41) is 8.32. The Bertz CT molecular complexity index is 801. The molecule has 0 bridgehead atoms. The molecule has 0 aliphatic heterocycles. The molecule has 0 fully saturated rings. The van der Waals surface area contributed by atoms with Gasteiger partial charge in [-0.15, -0.1) is 0 Å². The van der Waals surface area contributed by atoms with Crippen molar-refractivity contribution >= 4 is 17.4 Å². The zero-order valence-electron chi connectivity index (χ0n) is 17.2. The Morgan fingerprint density at radius 2 is 2.18 bits per heavy atom. The fourth-order valence-corrected chi connectivity index (χ4v) is 3.03. The zero-order valence-corrected chi connectivity index (χ0v) is 17.2. The molecule has 8 nitrogen and oxygen atoms in total. The Balaban J connectivity index is 2.14. The Labute approximate surface area is 166 Å². The summed E-state index contributed by atoms with van der Waals surface area (Å²) in [5.74, 6) is 4.56. The number of hydrogen-bond acceptors (Lipinski definition) is 5. The predicted octanol–water partition coefficient (Wildman–Crippen LogP) is 2.63. The van der Waals surface area contributed by atoms with E-state index < -0.39 is 0 Å². The molecule has 1 aliphatic rings. The van der Waals surface area contributed by atoms with Crippen molar-refractivity contribution in [2.45, 2.75) is 33.8 Å². The number of amides is 2. The standard InChI is InChI=1S/C20H29N5O3/c1-13-9-14(2)11-16(10-13)15(3)23-28-12-17-18(7-6-8-19(17)27-5)22-20(26)25(4)24-21/h6-10,14,24H,11-12,21H2,1-5H3,(H,22,26)/p+1. The molecule has 1 unspecified atom stereocenters. The van der Waals surface area contributed by atoms with Gasteiger partial charge in [-0.1, -0.05) is 41.4 Å². The van der Waals surface area contributed by atoms with Crippen molar-refractivity contribution in [3.05, 3.63) is 47.1 Å². The van der Waals surface area contributed by atoms with Gasteiger partial charge in [0.15, 0.2) is 0 Å². The van der Waals surface area contributed by atoms with Crippen LogP contribution in [-0.2, 0) is 11.4 Å². The number of allylic oxidation sites excluding steroid dienone is 4. The molecule has 152 valence electrons. The number of methoxy groups -OCH3 is 1. The first-order chi connectivity index (χ1) is 13.3. The molecule has 28 heavy (non-hydrogen) atoms. The van der Waals surface area contributed by atoms with Crippen LogP contribution >= 0.6 is 0 Å². The summed E-state index contributed by atoms with van der Waals surface area (Å²) in [5.41, 5.74) is 7.06. The maximum atomic E-state index is 12.1. The van der Waals surface area contributed by atoms with Crippen molar-refractivity contribution < 1.29 is 20.2 Å². The van der Waals surface area contributed by atoms with Crippen molar-refractivity contribution in [2.75, 3.05) is 19.5 Å². The fourth-order valence-electron chi connectivity index (χ4n) is 3.03. The van der Waals surface area contributed by atoms with Gasteiger partial charge in [-0.2, -0.15) is 0 Å². The number of nitrogens with one attached hydrogen (secondary N) is 2. The SMILES string of the molecule is COc1cccc(NC(=O)N(C)N[NH3+])c1CON=C(C)C1=CC(C)=CC(C)C1. The van der Waals surface area contributed by atoms with Crippen molar-refractivity contribution in [2.24, 2.45) is 11.1 Å². The van der Waals surface area contributed by atoms with Gasteiger partial charge in [0.2, 0.25) is 0 Å². The molecule has 8 heteroatoms. The smallest absolute Gasteiger partial charge is 0.339 e. The summed E-state index contributed by atoms with van der Waals surface area (Å²) in [6.07, 6.45) is 5.33. The third-order valence-electron chi connectivity index (χ3n) is 4.50. The van der Waals surface area contributed by atoms with Gasteiger partial charge < -0.3 is 14.9 Å². The van der Waals surface area contributed by atoms with Crippen molar-refractivity contribution in [1.29, 1.82) is 0 Å². The average Bonchev–Trinajstić information content (AvgIpc) is 2.67. The molecule has 0 heterocycles. The third-order valence-corrected chi connectivity index (χ3v) is 4.50. The monoisotopic (exact) mass is 388 g/mol. The molecule has 2 rings (SSSR count). The molecule has 0 saturated carbocycles. The van der Waals surface area contributed by atoms with Crippen LogP contribution in [0.4, 0.5) is 10.5 Å². The minimum absolute atomic E-state index is 0.163. The molecule has 1 aliphatic carbocycles. The number of hydrogen-bond donors (Lipinski definition) is 3. The first kappa shape index (κ1) is 21.5. The predicted molar refractivity (Wildman–Crippen MR) is 109 cm³/mol. The lowest BCUT2D eigenvalue weighted by Gasteiger charge is -2.18. The van der Waals surface area contributed by atoms with E-state index in [1.807, 2.05) is 13.0 Å². The van der Waals surface area contributed by atoms with E-state index in [0.717, 1.165) is 12.1 Å². The van der Waals surface area contributed by atoms with Gasteiger partial charge in [-0.3, -0.25) is 5.84 Å². The fraction of sp³-hybridized carbons (Fsp3) is 0.400. The molecule has 0 radical (unpaired) electrons. The highest BCUT2D eigenvalue weighted by Crippen LogP contribution is 2.28. The number of quaternary nitrogens is 1. The largest absolute Gasteiger partial charge is 0.496 e. The van der Waals surface area contributed by atoms with Gasteiger partial charge in [0.05, 0.1) is 24.1 Å². The minimum atomic E-state index is -0.354. The molecule has 1 aromatic carbocycles. The van der Waals surface area contributed by atoms with E-state index in [-0.39, 0.29) is 12.6 Å². The number of carbonyl (C=O) groups excluding carboxylic acids is 1. The lowest BCUT2D eigenvalue weighted by molar-refractivity contribution is -0.478. The summed E-state index contributed by atoms with van der Waals surface area (Å²) in [7, 11) is 3.15. The maximum Gasteiger partial charge on any atom is 0.339 e. The van der Waals surface area contributed by atoms with E-state index in [1.165, 1.54) is 16.2 Å². The number of anilines is 1. The number of ether oxygens (including phenoxy) is 1. The molecule has 2 amide bonds. The van der Waals surface area contributed by atoms with Gasteiger partial charge in [-0.05, 0) is 43.9 Å². The van der Waals surface area contributed by atoms with E-state index in [9.17, 15) is 4.79 Å². The van der Waals surface area contributed by atoms with Crippen LogP contribution in [0.25, 0.3) is 0 Å². The van der Waals surface area contributed by atoms with Gasteiger partial charge >= 0.3 is 6.03 Å². The van der Waals surface area contributed by atoms with E-state index in [1.54, 1.807) is 26.3 Å². The van der Waals surface area contributed by atoms with Crippen LogP contribution in [0.1, 0.15) is 32.8 Å². The van der Waals surface area contributed by atoms with Crippen molar-refractivity contribution in [1.82, 2.24) is 10.5 Å². The second-order valence-corrected chi connectivity index (χ2v) is 6.85. The first-order valence-electron chi connectivity index (χ1n) is 9.15. The molecular formula is C20H30N5O3+. The number of rotatable bonds is 7. The van der Waals surface area contributed by atoms with E-state index in [2.05, 4.69) is 47.8 Å². The highest BCUT2D eigenvalue weighted by molar-refractivity contribution is 5.98. The number of oxime groups is 1. The van der Waals surface area contributed by atoms with Crippen molar-refractivity contribution in [3.8, 4) is 5.75 Å². The molecule has 1 atom stereocenters. The van der Waals surface area contributed by atoms with Crippen LogP contribution in [0.2, 0.25) is 0 Å². The molecule has 0 spiro atoms. The molecule has 0 aromatic heterocycles. The summed E-state index contributed by atoms with van der Waals surface area (Å²) >= 11 is 0. The first-order valence-corrected chi connectivity index (χ1v) is 9.15. The van der Waals surface area contributed by atoms with Crippen molar-refractivity contribution in [3.63, 3.8) is 0 Å². The second kappa shape index (κ2) is 9.91. The number of hydrazine groups is 1. The Morgan fingerprint density at radius 1 is 1.43 bits per heavy atom. The molecule has 1 aromatic rings. The Hall–Kier alpha value is -2.84. The number of nitrogens with zero attached hydrogens (tertiary/aromatic N) is 2. The third kappa shape index (κ3) is 5.58. The quantitative estimate of drug-likeness (QED) is 0.493. The van der Waals surface area contributed by atoms with Gasteiger partial charge in [0.25, 0.3) is 0 Å². The average molecular weight is 388 g/mol. The molecule has 5 N–H and O–H groups in total. The normalized spacial score (nSPS) is 16.8. The van der Waals surface area contributed by atoms with E-state index in [0.29, 0.717) is 22.9 Å². The highest BCUT2D eigenvalue weighted by Gasteiger charge is 2.16. The minimum Gasteiger partial charge on any atom is -0.496 e. The Kier molecular flexibility index (Phi) is 7.60. The highest BCUT2D eigenvalue weighted by atomic mass is 16.6. The summed E-state index contributed by atoms with van der Waals surface area (Å²) in [6.45, 7) is 6.38. The summed E-state index contributed by atoms with van der Waals surface area (Å²) in [4.78, 5) is 17.7. The van der Waals surface area contributed by atoms with E-state index >= 15 is 0 Å². The number of benzene rings is 1. The second-order valence-electron chi connectivity index (χ2n) is 6.85. The topological polar surface area (TPSA) is 103 Å². The molecular weight excluding hydrogens is 358 g/mol. The van der Waals surface area contributed by atoms with E-state index in [4.69, 9.17) is 9.57 Å². The van der Waals surface area contributed by atoms with Gasteiger partial charge in [0.1, 0.15) is 12.4 Å². The number of carbonyl (C=O) groups is 1. The van der Waals surface area contributed by atoms with Crippen LogP contribution in [-0.4, -0.2) is 30.9 Å². The lowest BCUT2D eigenvalue weighted by Crippen LogP contribution is -2.72. The lowest BCUT2D eigenvalue weighted by atomic mass is 9.90. The van der Waals surface area contributed by atoms with Crippen LogP contribution in [0.5, 0.6) is 5.75 Å². The van der Waals surface area contributed by atoms with Crippen LogP contribution in [0.15, 0.2) is 46.7 Å². The van der Waals surface area contributed by atoms with Gasteiger partial charge in [-0.25, -0.2) is 9.80 Å². The van der Waals surface area contributed by atoms with Crippen LogP contribution < -0.4 is 21.4 Å². The molecule has 0 saturated heterocycles. The zero-order chi connectivity index (χ0) is 20.7. The summed E-state index contributed by atoms with van der Waals surface area (Å²) in [6, 6.07) is 5.04. The number of urea groups is 1. The van der Waals surface area contributed by atoms with Gasteiger partial charge in [0, 0.05) is 7.05 Å². The van der Waals surface area contributed by atoms with Crippen LogP contribution in [0, 0.1) is 5.92 Å². The van der Waals surface area contributed by atoms with Crippen LogP contribution in [0.3, 0.4) is 0 Å². The summed E-state index contributed by atoms with van der Waals surface area (Å²) < 4.78 is 5.42. The maximum absolute atomic E-state index is 12.1.